The minimum atomic E-state index is -0.0969. The van der Waals surface area contributed by atoms with Crippen molar-refractivity contribution in [3.8, 4) is 10.4 Å². The zero-order valence-corrected chi connectivity index (χ0v) is 17.7. The first kappa shape index (κ1) is 15.1. The SMILES string of the molecule is Cc1csc2c1/C(=N/[Se])C(=N)c1c-2c2n[se]nc2c2c(C)csc12. The van der Waals surface area contributed by atoms with Gasteiger partial charge in [0.05, 0.1) is 0 Å². The molecule has 0 bridgehead atoms. The maximum atomic E-state index is 8.84. The quantitative estimate of drug-likeness (QED) is 0.393. The van der Waals surface area contributed by atoms with Crippen LogP contribution in [-0.4, -0.2) is 50.6 Å². The molecule has 3 aromatic heterocycles. The van der Waals surface area contributed by atoms with E-state index in [1.54, 1.807) is 22.7 Å². The van der Waals surface area contributed by atoms with Gasteiger partial charge in [-0.1, -0.05) is 0 Å². The van der Waals surface area contributed by atoms with Gasteiger partial charge < -0.3 is 0 Å². The molecular formula is C16H9N4S2Se2. The van der Waals surface area contributed by atoms with Crippen LogP contribution in [-0.2, 0) is 0 Å². The third kappa shape index (κ3) is 1.73. The fraction of sp³-hybridized carbons (Fsp3) is 0.125. The summed E-state index contributed by atoms with van der Waals surface area (Å²) in [7, 11) is 0. The van der Waals surface area contributed by atoms with E-state index in [9.17, 15) is 0 Å². The van der Waals surface area contributed by atoms with Gasteiger partial charge in [0.15, 0.2) is 0 Å². The summed E-state index contributed by atoms with van der Waals surface area (Å²) >= 11 is 6.07. The molecule has 0 saturated heterocycles. The summed E-state index contributed by atoms with van der Waals surface area (Å²) in [4.78, 5) is 1.17. The van der Waals surface area contributed by atoms with Gasteiger partial charge in [-0.05, 0) is 0 Å². The fourth-order valence-electron chi connectivity index (χ4n) is 3.39. The van der Waals surface area contributed by atoms with E-state index in [4.69, 9.17) is 13.4 Å². The van der Waals surface area contributed by atoms with Crippen molar-refractivity contribution in [3.63, 3.8) is 0 Å². The Kier molecular flexibility index (Phi) is 3.27. The molecule has 1 N–H and O–H groups in total. The standard InChI is InChI=1S/C16H9N4S2Se2/c1-5-3-22-16-7(5)12(18-23)11(17)9-10(16)14-13(19-24-20-14)8-6(2)4-21-15(8)9/h3-4,17H,1-2H3/b17-11?,18-12-. The second-order valence-corrected chi connectivity index (χ2v) is 9.02. The summed E-state index contributed by atoms with van der Waals surface area (Å²) in [6.45, 7) is 4.19. The van der Waals surface area contributed by atoms with Crippen LogP contribution in [0.25, 0.3) is 31.6 Å². The predicted molar refractivity (Wildman–Crippen MR) is 104 cm³/mol. The second-order valence-electron chi connectivity index (χ2n) is 5.77. The first-order valence-corrected chi connectivity index (χ1v) is 11.2. The van der Waals surface area contributed by atoms with Crippen molar-refractivity contribution in [1.29, 1.82) is 5.41 Å². The van der Waals surface area contributed by atoms with Gasteiger partial charge >= 0.3 is 161 Å². The van der Waals surface area contributed by atoms with Crippen molar-refractivity contribution in [2.24, 2.45) is 4.01 Å². The molecule has 1 radical (unpaired) electrons. The van der Waals surface area contributed by atoms with Gasteiger partial charge in [-0.25, -0.2) is 0 Å². The van der Waals surface area contributed by atoms with Crippen LogP contribution in [0, 0.1) is 19.3 Å². The molecule has 0 spiro atoms. The molecule has 0 fully saturated rings. The number of rotatable bonds is 0. The van der Waals surface area contributed by atoms with Crippen molar-refractivity contribution in [2.75, 3.05) is 0 Å². The average molecular weight is 479 g/mol. The molecule has 1 aliphatic carbocycles. The van der Waals surface area contributed by atoms with E-state index >= 15 is 0 Å². The van der Waals surface area contributed by atoms with Gasteiger partial charge in [-0.15, -0.1) is 0 Å². The van der Waals surface area contributed by atoms with Crippen molar-refractivity contribution in [1.82, 2.24) is 7.96 Å². The summed E-state index contributed by atoms with van der Waals surface area (Å²) in [6.07, 6.45) is 0. The third-order valence-electron chi connectivity index (χ3n) is 4.43. The fourth-order valence-corrected chi connectivity index (χ4v) is 7.16. The Morgan fingerprint density at radius 3 is 2.58 bits per heavy atom. The Labute approximate surface area is 160 Å². The zero-order chi connectivity index (χ0) is 16.6. The van der Waals surface area contributed by atoms with Gasteiger partial charge in [-0.3, -0.25) is 0 Å². The Morgan fingerprint density at radius 1 is 1.04 bits per heavy atom. The van der Waals surface area contributed by atoms with Crippen LogP contribution < -0.4 is 0 Å². The molecule has 8 heteroatoms. The summed E-state index contributed by atoms with van der Waals surface area (Å²) in [5.74, 6) is 0. The van der Waals surface area contributed by atoms with E-state index in [1.807, 2.05) is 0 Å². The molecular weight excluding hydrogens is 470 g/mol. The van der Waals surface area contributed by atoms with E-state index in [0.717, 1.165) is 49.1 Å². The van der Waals surface area contributed by atoms with Crippen LogP contribution in [0.1, 0.15) is 22.3 Å². The Balaban J connectivity index is 2.11. The van der Waals surface area contributed by atoms with Crippen LogP contribution >= 0.6 is 22.7 Å². The molecule has 0 atom stereocenters. The summed E-state index contributed by atoms with van der Waals surface area (Å²) in [5, 5.41) is 14.3. The van der Waals surface area contributed by atoms with Gasteiger partial charge in [0.1, 0.15) is 0 Å². The van der Waals surface area contributed by atoms with E-state index < -0.39 is 0 Å². The van der Waals surface area contributed by atoms with Crippen molar-refractivity contribution >= 4 is 86.4 Å². The first-order valence-electron chi connectivity index (χ1n) is 7.18. The molecule has 4 nitrogen and oxygen atoms in total. The van der Waals surface area contributed by atoms with Crippen LogP contribution in [0.5, 0.6) is 0 Å². The van der Waals surface area contributed by atoms with Crippen LogP contribution in [0.3, 0.4) is 0 Å². The second kappa shape index (κ2) is 5.18. The summed E-state index contributed by atoms with van der Waals surface area (Å²) in [6, 6.07) is 0. The van der Waals surface area contributed by atoms with Gasteiger partial charge in [0, 0.05) is 0 Å². The normalized spacial score (nSPS) is 15.4. The third-order valence-corrected chi connectivity index (χ3v) is 8.15. The van der Waals surface area contributed by atoms with E-state index in [1.165, 1.54) is 10.4 Å². The molecule has 1 aromatic carbocycles. The van der Waals surface area contributed by atoms with Crippen LogP contribution in [0.2, 0.25) is 0 Å². The van der Waals surface area contributed by atoms with Crippen molar-refractivity contribution in [2.45, 2.75) is 13.8 Å². The molecule has 0 aliphatic heterocycles. The van der Waals surface area contributed by atoms with Gasteiger partial charge in [-0.2, -0.15) is 0 Å². The van der Waals surface area contributed by atoms with E-state index in [0.29, 0.717) is 5.71 Å². The number of hydrogen-bond donors (Lipinski definition) is 1. The molecule has 1 aliphatic rings. The Bertz CT molecular complexity index is 1210. The molecule has 24 heavy (non-hydrogen) atoms. The molecule has 5 rings (SSSR count). The number of hydrogen-bond acceptors (Lipinski definition) is 6. The Hall–Kier alpha value is -1.14. The number of fused-ring (bicyclic) bond motifs is 8. The number of thiophene rings is 2. The van der Waals surface area contributed by atoms with Gasteiger partial charge in [0.25, 0.3) is 0 Å². The number of nitrogens with one attached hydrogen (secondary N) is 1. The first-order chi connectivity index (χ1) is 11.6. The zero-order valence-electron chi connectivity index (χ0n) is 12.6. The number of aromatic nitrogens is 2. The molecule has 117 valence electrons. The molecule has 4 aromatic rings. The van der Waals surface area contributed by atoms with E-state index in [2.05, 4.69) is 44.8 Å². The van der Waals surface area contributed by atoms with Gasteiger partial charge in [0.2, 0.25) is 0 Å². The van der Waals surface area contributed by atoms with Crippen molar-refractivity contribution in [3.05, 3.63) is 33.0 Å². The summed E-state index contributed by atoms with van der Waals surface area (Å²) in [5.41, 5.74) is 8.74. The van der Waals surface area contributed by atoms with Crippen molar-refractivity contribution < 1.29 is 0 Å². The number of benzene rings is 1. The predicted octanol–water partition coefficient (Wildman–Crippen LogP) is 3.50. The maximum absolute atomic E-state index is 8.84. The molecule has 0 unspecified atom stereocenters. The van der Waals surface area contributed by atoms with E-state index in [-0.39, 0.29) is 15.0 Å². The number of nitrogens with zero attached hydrogens (tertiary/aromatic N) is 3. The average Bonchev–Trinajstić information content (AvgIpc) is 3.27. The molecule has 0 amide bonds. The molecule has 0 saturated carbocycles. The van der Waals surface area contributed by atoms with Crippen LogP contribution in [0.4, 0.5) is 0 Å². The number of aryl methyl sites for hydroxylation is 2. The summed E-state index contributed by atoms with van der Waals surface area (Å²) < 4.78 is 14.9. The Morgan fingerprint density at radius 2 is 1.79 bits per heavy atom. The molecule has 3 heterocycles. The monoisotopic (exact) mass is 481 g/mol. The van der Waals surface area contributed by atoms with Crippen LogP contribution in [0.15, 0.2) is 14.8 Å². The minimum absolute atomic E-state index is 0.0969. The topological polar surface area (TPSA) is 62.0 Å².